The molecule has 2 nitrogen and oxygen atoms in total. The van der Waals surface area contributed by atoms with Crippen molar-refractivity contribution in [3.05, 3.63) is 71.0 Å². The van der Waals surface area contributed by atoms with Crippen molar-refractivity contribution in [3.63, 3.8) is 0 Å². The van der Waals surface area contributed by atoms with E-state index in [0.29, 0.717) is 12.2 Å². The molecule has 2 aromatic carbocycles. The minimum absolute atomic E-state index is 0.0196. The van der Waals surface area contributed by atoms with E-state index in [1.165, 1.54) is 0 Å². The molecule has 0 bridgehead atoms. The Kier molecular flexibility index (Phi) is 3.15. The van der Waals surface area contributed by atoms with Gasteiger partial charge in [0.15, 0.2) is 5.76 Å². The summed E-state index contributed by atoms with van der Waals surface area (Å²) >= 11 is 0. The molecule has 0 amide bonds. The number of furan rings is 1. The van der Waals surface area contributed by atoms with Crippen LogP contribution < -0.4 is 0 Å². The van der Waals surface area contributed by atoms with Crippen LogP contribution in [0.2, 0.25) is 0 Å². The van der Waals surface area contributed by atoms with Gasteiger partial charge < -0.3 is 4.42 Å². The van der Waals surface area contributed by atoms with Crippen LogP contribution in [0, 0.1) is 13.8 Å². The van der Waals surface area contributed by atoms with E-state index >= 15 is 0 Å². The number of carbonyl (C=O) groups excluding carboxylic acids is 1. The predicted octanol–water partition coefficient (Wildman–Crippen LogP) is 4.48. The number of Topliss-reactive ketones (excluding diaryl/α,β-unsaturated/α-hetero) is 1. The van der Waals surface area contributed by atoms with Crippen LogP contribution in [0.3, 0.4) is 0 Å². The van der Waals surface area contributed by atoms with Gasteiger partial charge in [-0.3, -0.25) is 4.79 Å². The minimum Gasteiger partial charge on any atom is -0.453 e. The number of hydrogen-bond donors (Lipinski definition) is 0. The smallest absolute Gasteiger partial charge is 0.202 e. The first-order valence-electron chi connectivity index (χ1n) is 6.71. The Morgan fingerprint density at radius 2 is 1.85 bits per heavy atom. The lowest BCUT2D eigenvalue weighted by atomic mass is 10.1. The molecule has 0 unspecified atom stereocenters. The molecule has 0 saturated heterocycles. The Bertz CT molecular complexity index is 781. The standard InChI is InChI=1S/C18H16O2/c1-12-5-3-7-14(9-12)10-16(19)17-11-15-8-4-6-13(2)18(15)20-17/h3-9,11H,10H2,1-2H3. The summed E-state index contributed by atoms with van der Waals surface area (Å²) in [4.78, 5) is 12.3. The van der Waals surface area contributed by atoms with Gasteiger partial charge in [-0.25, -0.2) is 0 Å². The van der Waals surface area contributed by atoms with Crippen molar-refractivity contribution < 1.29 is 9.21 Å². The lowest BCUT2D eigenvalue weighted by Crippen LogP contribution is -2.02. The average Bonchev–Trinajstić information content (AvgIpc) is 2.84. The van der Waals surface area contributed by atoms with Crippen LogP contribution in [-0.2, 0) is 6.42 Å². The summed E-state index contributed by atoms with van der Waals surface area (Å²) in [6.45, 7) is 4.01. The zero-order valence-electron chi connectivity index (χ0n) is 11.6. The van der Waals surface area contributed by atoms with Gasteiger partial charge in [-0.15, -0.1) is 0 Å². The lowest BCUT2D eigenvalue weighted by Gasteiger charge is -2.00. The van der Waals surface area contributed by atoms with Gasteiger partial charge in [0, 0.05) is 11.8 Å². The molecule has 0 radical (unpaired) electrons. The van der Waals surface area contributed by atoms with E-state index in [4.69, 9.17) is 4.42 Å². The number of fused-ring (bicyclic) bond motifs is 1. The molecule has 3 aromatic rings. The SMILES string of the molecule is Cc1cccc(CC(=O)c2cc3cccc(C)c3o2)c1. The molecule has 0 aliphatic carbocycles. The van der Waals surface area contributed by atoms with Gasteiger partial charge in [0.05, 0.1) is 0 Å². The number of aryl methyl sites for hydroxylation is 2. The van der Waals surface area contributed by atoms with Gasteiger partial charge in [0.25, 0.3) is 0 Å². The summed E-state index contributed by atoms with van der Waals surface area (Å²) in [6, 6.07) is 15.8. The maximum absolute atomic E-state index is 12.3. The van der Waals surface area contributed by atoms with E-state index in [9.17, 15) is 4.79 Å². The van der Waals surface area contributed by atoms with Gasteiger partial charge >= 0.3 is 0 Å². The molecule has 0 spiro atoms. The summed E-state index contributed by atoms with van der Waals surface area (Å²) < 4.78 is 5.71. The zero-order chi connectivity index (χ0) is 14.1. The molecule has 100 valence electrons. The van der Waals surface area contributed by atoms with Crippen molar-refractivity contribution in [2.75, 3.05) is 0 Å². The third-order valence-corrected chi connectivity index (χ3v) is 3.46. The number of para-hydroxylation sites is 1. The molecular weight excluding hydrogens is 248 g/mol. The Morgan fingerprint density at radius 3 is 2.60 bits per heavy atom. The van der Waals surface area contributed by atoms with Crippen molar-refractivity contribution >= 4 is 16.8 Å². The number of ketones is 1. The van der Waals surface area contributed by atoms with Crippen molar-refractivity contribution in [1.29, 1.82) is 0 Å². The van der Waals surface area contributed by atoms with Gasteiger partial charge in [0.2, 0.25) is 5.78 Å². The van der Waals surface area contributed by atoms with E-state index in [2.05, 4.69) is 0 Å². The molecular formula is C18H16O2. The average molecular weight is 264 g/mol. The highest BCUT2D eigenvalue weighted by Gasteiger charge is 2.13. The Labute approximate surface area is 118 Å². The Hall–Kier alpha value is -2.35. The third kappa shape index (κ3) is 2.37. The van der Waals surface area contributed by atoms with Crippen molar-refractivity contribution in [1.82, 2.24) is 0 Å². The van der Waals surface area contributed by atoms with Crippen LogP contribution in [0.15, 0.2) is 52.9 Å². The molecule has 0 aliphatic heterocycles. The third-order valence-electron chi connectivity index (χ3n) is 3.46. The Balaban J connectivity index is 1.91. The molecule has 1 aromatic heterocycles. The molecule has 0 saturated carbocycles. The number of benzene rings is 2. The van der Waals surface area contributed by atoms with Gasteiger partial charge in [0.1, 0.15) is 5.58 Å². The first-order chi connectivity index (χ1) is 9.63. The maximum Gasteiger partial charge on any atom is 0.202 e. The first-order valence-corrected chi connectivity index (χ1v) is 6.71. The molecule has 2 heteroatoms. The summed E-state index contributed by atoms with van der Waals surface area (Å²) in [5.74, 6) is 0.460. The second-order valence-corrected chi connectivity index (χ2v) is 5.19. The monoisotopic (exact) mass is 264 g/mol. The molecule has 0 fully saturated rings. The fourth-order valence-corrected chi connectivity index (χ4v) is 2.44. The highest BCUT2D eigenvalue weighted by molar-refractivity contribution is 5.99. The summed E-state index contributed by atoms with van der Waals surface area (Å²) in [7, 11) is 0. The second-order valence-electron chi connectivity index (χ2n) is 5.19. The highest BCUT2D eigenvalue weighted by Crippen LogP contribution is 2.23. The van der Waals surface area contributed by atoms with Crippen molar-refractivity contribution in [3.8, 4) is 0 Å². The van der Waals surface area contributed by atoms with Gasteiger partial charge in [-0.1, -0.05) is 48.0 Å². The summed E-state index contributed by atoms with van der Waals surface area (Å²) in [6.07, 6.45) is 0.376. The minimum atomic E-state index is 0.0196. The van der Waals surface area contributed by atoms with Crippen molar-refractivity contribution in [2.24, 2.45) is 0 Å². The van der Waals surface area contributed by atoms with Crippen LogP contribution in [0.5, 0.6) is 0 Å². The van der Waals surface area contributed by atoms with Crippen LogP contribution in [-0.4, -0.2) is 5.78 Å². The Morgan fingerprint density at radius 1 is 1.05 bits per heavy atom. The van der Waals surface area contributed by atoms with E-state index in [-0.39, 0.29) is 5.78 Å². The van der Waals surface area contributed by atoms with Crippen LogP contribution in [0.4, 0.5) is 0 Å². The van der Waals surface area contributed by atoms with Gasteiger partial charge in [-0.05, 0) is 31.0 Å². The molecule has 0 N–H and O–H groups in total. The zero-order valence-corrected chi connectivity index (χ0v) is 11.6. The molecule has 0 aliphatic rings. The summed E-state index contributed by atoms with van der Waals surface area (Å²) in [5, 5.41) is 0.984. The molecule has 3 rings (SSSR count). The van der Waals surface area contributed by atoms with E-state index in [1.54, 1.807) is 0 Å². The quantitative estimate of drug-likeness (QED) is 0.653. The largest absolute Gasteiger partial charge is 0.453 e. The number of rotatable bonds is 3. The number of hydrogen-bond acceptors (Lipinski definition) is 2. The number of carbonyl (C=O) groups is 1. The topological polar surface area (TPSA) is 30.2 Å². The van der Waals surface area contributed by atoms with E-state index in [1.807, 2.05) is 62.4 Å². The molecule has 20 heavy (non-hydrogen) atoms. The molecule has 1 heterocycles. The van der Waals surface area contributed by atoms with Crippen LogP contribution in [0.25, 0.3) is 11.0 Å². The van der Waals surface area contributed by atoms with Crippen LogP contribution in [0.1, 0.15) is 27.2 Å². The highest BCUT2D eigenvalue weighted by atomic mass is 16.3. The summed E-state index contributed by atoms with van der Waals surface area (Å²) in [5.41, 5.74) is 4.04. The normalized spacial score (nSPS) is 10.9. The maximum atomic E-state index is 12.3. The fraction of sp³-hybridized carbons (Fsp3) is 0.167. The van der Waals surface area contributed by atoms with E-state index in [0.717, 1.165) is 27.7 Å². The first kappa shape index (κ1) is 12.7. The molecule has 0 atom stereocenters. The predicted molar refractivity (Wildman–Crippen MR) is 80.2 cm³/mol. The van der Waals surface area contributed by atoms with Gasteiger partial charge in [-0.2, -0.15) is 0 Å². The lowest BCUT2D eigenvalue weighted by molar-refractivity contribution is 0.0968. The van der Waals surface area contributed by atoms with E-state index < -0.39 is 0 Å². The second kappa shape index (κ2) is 4.97. The van der Waals surface area contributed by atoms with Crippen LogP contribution >= 0.6 is 0 Å². The van der Waals surface area contributed by atoms with Crippen molar-refractivity contribution in [2.45, 2.75) is 20.3 Å². The fourth-order valence-electron chi connectivity index (χ4n) is 2.44.